The third-order valence-electron chi connectivity index (χ3n) is 6.37. The van der Waals surface area contributed by atoms with Crippen molar-refractivity contribution >= 4 is 40.2 Å². The van der Waals surface area contributed by atoms with Gasteiger partial charge in [0, 0.05) is 12.1 Å². The molecule has 6 nitrogen and oxygen atoms in total. The summed E-state index contributed by atoms with van der Waals surface area (Å²) in [6.07, 6.45) is 12.0. The van der Waals surface area contributed by atoms with E-state index in [-0.39, 0.29) is 11.9 Å². The van der Waals surface area contributed by atoms with Crippen molar-refractivity contribution in [3.8, 4) is 0 Å². The Kier molecular flexibility index (Phi) is 8.45. The summed E-state index contributed by atoms with van der Waals surface area (Å²) in [5.41, 5.74) is 0. The van der Waals surface area contributed by atoms with Crippen LogP contribution in [0.2, 0.25) is 0 Å². The van der Waals surface area contributed by atoms with Crippen LogP contribution in [0.1, 0.15) is 78.6 Å². The summed E-state index contributed by atoms with van der Waals surface area (Å²) >= 11 is 2.67. The Bertz CT molecular complexity index is 710. The standard InChI is InChI=1S/C22H35N3O3S2/c1-14(2)19(20(26)27)29-18-13-23-21(30-18)24-22(28)25(16-7-5-4-6-8-16)17-11-9-15(3)10-12-17/h13-17,19H,4-12H2,1-3H3,(H,26,27)(H,23,24,28). The number of urea groups is 1. The van der Waals surface area contributed by atoms with Gasteiger partial charge in [-0.25, -0.2) is 9.78 Å². The zero-order valence-electron chi connectivity index (χ0n) is 18.3. The number of rotatable bonds is 7. The molecular formula is C22H35N3O3S2. The molecule has 0 saturated heterocycles. The minimum absolute atomic E-state index is 0.0168. The van der Waals surface area contributed by atoms with E-state index in [1.165, 1.54) is 55.2 Å². The normalized spacial score (nSPS) is 23.9. The Labute approximate surface area is 188 Å². The van der Waals surface area contributed by atoms with Gasteiger partial charge in [0.2, 0.25) is 0 Å². The number of carbonyl (C=O) groups excluding carboxylic acids is 1. The van der Waals surface area contributed by atoms with Crippen LogP contribution in [0.5, 0.6) is 0 Å². The van der Waals surface area contributed by atoms with Crippen LogP contribution >= 0.6 is 23.1 Å². The molecule has 1 aromatic rings. The van der Waals surface area contributed by atoms with Crippen LogP contribution in [-0.4, -0.2) is 44.3 Å². The molecule has 2 N–H and O–H groups in total. The van der Waals surface area contributed by atoms with Crippen molar-refractivity contribution in [3.63, 3.8) is 0 Å². The van der Waals surface area contributed by atoms with E-state index in [0.29, 0.717) is 17.2 Å². The van der Waals surface area contributed by atoms with Crippen LogP contribution in [0, 0.1) is 11.8 Å². The minimum Gasteiger partial charge on any atom is -0.480 e. The Morgan fingerprint density at radius 3 is 2.37 bits per heavy atom. The summed E-state index contributed by atoms with van der Waals surface area (Å²) in [6, 6.07) is 0.602. The molecule has 2 amide bonds. The van der Waals surface area contributed by atoms with Crippen LogP contribution < -0.4 is 5.32 Å². The van der Waals surface area contributed by atoms with Crippen LogP contribution in [0.15, 0.2) is 10.4 Å². The zero-order valence-corrected chi connectivity index (χ0v) is 19.9. The Hall–Kier alpha value is -1.28. The number of amides is 2. The number of nitrogens with one attached hydrogen (secondary N) is 1. The van der Waals surface area contributed by atoms with Crippen LogP contribution in [0.25, 0.3) is 0 Å². The average molecular weight is 454 g/mol. The molecule has 0 radical (unpaired) electrons. The lowest BCUT2D eigenvalue weighted by atomic mass is 9.84. The molecule has 30 heavy (non-hydrogen) atoms. The molecule has 1 unspecified atom stereocenters. The summed E-state index contributed by atoms with van der Waals surface area (Å²) in [5.74, 6) is -0.0497. The fraction of sp³-hybridized carbons (Fsp3) is 0.773. The van der Waals surface area contributed by atoms with E-state index in [2.05, 4.69) is 22.1 Å². The van der Waals surface area contributed by atoms with Gasteiger partial charge in [0.05, 0.1) is 10.4 Å². The monoisotopic (exact) mass is 453 g/mol. The molecule has 0 spiro atoms. The van der Waals surface area contributed by atoms with Crippen molar-refractivity contribution < 1.29 is 14.7 Å². The van der Waals surface area contributed by atoms with Gasteiger partial charge >= 0.3 is 12.0 Å². The van der Waals surface area contributed by atoms with Crippen molar-refractivity contribution in [2.45, 2.75) is 100 Å². The summed E-state index contributed by atoms with van der Waals surface area (Å²) in [6.45, 7) is 6.11. The molecule has 168 valence electrons. The Morgan fingerprint density at radius 1 is 1.13 bits per heavy atom. The van der Waals surface area contributed by atoms with Gasteiger partial charge in [-0.3, -0.25) is 10.1 Å². The number of aromatic nitrogens is 1. The summed E-state index contributed by atoms with van der Waals surface area (Å²) in [5, 5.41) is 12.5. The highest BCUT2D eigenvalue weighted by atomic mass is 32.2. The highest BCUT2D eigenvalue weighted by Gasteiger charge is 2.34. The van der Waals surface area contributed by atoms with E-state index < -0.39 is 11.2 Å². The van der Waals surface area contributed by atoms with Crippen molar-refractivity contribution in [2.24, 2.45) is 11.8 Å². The quantitative estimate of drug-likeness (QED) is 0.488. The molecule has 1 aromatic heterocycles. The lowest BCUT2D eigenvalue weighted by Crippen LogP contribution is -2.51. The molecular weight excluding hydrogens is 418 g/mol. The predicted molar refractivity (Wildman–Crippen MR) is 123 cm³/mol. The number of carbonyl (C=O) groups is 2. The predicted octanol–water partition coefficient (Wildman–Crippen LogP) is 6.09. The fourth-order valence-corrected chi connectivity index (χ4v) is 6.65. The van der Waals surface area contributed by atoms with Gasteiger partial charge in [-0.1, -0.05) is 63.1 Å². The first kappa shape index (κ1) is 23.4. The van der Waals surface area contributed by atoms with Gasteiger partial charge in [-0.05, 0) is 50.4 Å². The molecule has 2 saturated carbocycles. The molecule has 2 aliphatic rings. The third-order valence-corrected chi connectivity index (χ3v) is 8.96. The highest BCUT2D eigenvalue weighted by Crippen LogP contribution is 2.36. The van der Waals surface area contributed by atoms with Gasteiger partial charge in [0.1, 0.15) is 5.25 Å². The minimum atomic E-state index is -0.816. The lowest BCUT2D eigenvalue weighted by Gasteiger charge is -2.42. The highest BCUT2D eigenvalue weighted by molar-refractivity contribution is 8.02. The molecule has 0 aromatic carbocycles. The summed E-state index contributed by atoms with van der Waals surface area (Å²) in [4.78, 5) is 31.3. The van der Waals surface area contributed by atoms with Crippen LogP contribution in [0.4, 0.5) is 9.93 Å². The van der Waals surface area contributed by atoms with Crippen molar-refractivity contribution in [1.29, 1.82) is 0 Å². The topological polar surface area (TPSA) is 82.5 Å². The first-order chi connectivity index (χ1) is 14.3. The first-order valence-electron chi connectivity index (χ1n) is 11.3. The van der Waals surface area contributed by atoms with E-state index in [1.54, 1.807) is 6.20 Å². The zero-order chi connectivity index (χ0) is 21.7. The number of carboxylic acid groups (broad SMARTS) is 1. The number of anilines is 1. The molecule has 0 bridgehead atoms. The third kappa shape index (κ3) is 6.13. The van der Waals surface area contributed by atoms with Gasteiger partial charge in [-0.2, -0.15) is 0 Å². The van der Waals surface area contributed by atoms with Crippen molar-refractivity contribution in [3.05, 3.63) is 6.20 Å². The number of thioether (sulfide) groups is 1. The van der Waals surface area contributed by atoms with Gasteiger partial charge in [-0.15, -0.1) is 0 Å². The number of carboxylic acids is 1. The molecule has 2 fully saturated rings. The van der Waals surface area contributed by atoms with E-state index in [9.17, 15) is 14.7 Å². The smallest absolute Gasteiger partial charge is 0.324 e. The average Bonchev–Trinajstić information content (AvgIpc) is 3.15. The molecule has 3 rings (SSSR count). The van der Waals surface area contributed by atoms with E-state index in [4.69, 9.17) is 0 Å². The Balaban J connectivity index is 1.68. The van der Waals surface area contributed by atoms with E-state index in [0.717, 1.165) is 35.8 Å². The van der Waals surface area contributed by atoms with Gasteiger partial charge in [0.25, 0.3) is 0 Å². The Morgan fingerprint density at radius 2 is 1.77 bits per heavy atom. The maximum absolute atomic E-state index is 13.3. The molecule has 0 aliphatic heterocycles. The maximum Gasteiger partial charge on any atom is 0.324 e. The first-order valence-corrected chi connectivity index (χ1v) is 13.0. The van der Waals surface area contributed by atoms with Gasteiger partial charge in [0.15, 0.2) is 5.13 Å². The lowest BCUT2D eigenvalue weighted by molar-refractivity contribution is -0.137. The van der Waals surface area contributed by atoms with Crippen molar-refractivity contribution in [2.75, 3.05) is 5.32 Å². The fourth-order valence-electron chi connectivity index (χ4n) is 4.63. The molecule has 1 heterocycles. The number of thiazole rings is 1. The van der Waals surface area contributed by atoms with Crippen LogP contribution in [0.3, 0.4) is 0 Å². The summed E-state index contributed by atoms with van der Waals surface area (Å²) in [7, 11) is 0. The summed E-state index contributed by atoms with van der Waals surface area (Å²) < 4.78 is 0.821. The van der Waals surface area contributed by atoms with E-state index >= 15 is 0 Å². The molecule has 1 atom stereocenters. The largest absolute Gasteiger partial charge is 0.480 e. The second-order valence-electron chi connectivity index (χ2n) is 9.15. The SMILES string of the molecule is CC1CCC(N(C(=O)Nc2ncc(SC(C(=O)O)C(C)C)s2)C2CCCCC2)CC1. The van der Waals surface area contributed by atoms with Crippen molar-refractivity contribution in [1.82, 2.24) is 9.88 Å². The second kappa shape index (κ2) is 10.8. The maximum atomic E-state index is 13.3. The molecule has 2 aliphatic carbocycles. The molecule has 8 heteroatoms. The number of hydrogen-bond acceptors (Lipinski definition) is 5. The second-order valence-corrected chi connectivity index (χ2v) is 11.6. The van der Waals surface area contributed by atoms with Gasteiger partial charge < -0.3 is 10.0 Å². The number of nitrogens with zero attached hydrogens (tertiary/aromatic N) is 2. The van der Waals surface area contributed by atoms with E-state index in [1.807, 2.05) is 13.8 Å². The number of hydrogen-bond donors (Lipinski definition) is 2. The number of aliphatic carboxylic acids is 1. The van der Waals surface area contributed by atoms with Crippen LogP contribution in [-0.2, 0) is 4.79 Å².